The van der Waals surface area contributed by atoms with Gasteiger partial charge in [0, 0.05) is 16.3 Å². The van der Waals surface area contributed by atoms with Crippen LogP contribution in [0, 0.1) is 5.82 Å². The summed E-state index contributed by atoms with van der Waals surface area (Å²) in [5.74, 6) is -0.203. The van der Waals surface area contributed by atoms with Crippen LogP contribution in [0.1, 0.15) is 29.7 Å². The van der Waals surface area contributed by atoms with Gasteiger partial charge in [-0.05, 0) is 77.4 Å². The molecular weight excluding hydrogens is 633 g/mol. The van der Waals surface area contributed by atoms with E-state index in [4.69, 9.17) is 21.3 Å². The van der Waals surface area contributed by atoms with Crippen molar-refractivity contribution >= 4 is 51.4 Å². The molecule has 0 radical (unpaired) electrons. The normalized spacial score (nSPS) is 14.5. The van der Waals surface area contributed by atoms with Gasteiger partial charge in [0.05, 0.1) is 21.8 Å². The molecule has 0 spiro atoms. The van der Waals surface area contributed by atoms with Gasteiger partial charge >= 0.3 is 0 Å². The molecule has 0 saturated heterocycles. The van der Waals surface area contributed by atoms with Crippen molar-refractivity contribution in [2.24, 2.45) is 4.99 Å². The van der Waals surface area contributed by atoms with Gasteiger partial charge in [-0.2, -0.15) is 0 Å². The number of thiazole rings is 1. The molecule has 0 aliphatic carbocycles. The Hall–Kier alpha value is -5.31. The second-order valence-electron chi connectivity index (χ2n) is 11.1. The highest BCUT2D eigenvalue weighted by atomic mass is 35.5. The van der Waals surface area contributed by atoms with Crippen molar-refractivity contribution in [2.45, 2.75) is 19.6 Å². The molecular formula is C38H27ClFN3O3S. The van der Waals surface area contributed by atoms with Crippen LogP contribution in [0.15, 0.2) is 136 Å². The maximum Gasteiger partial charge on any atom is 0.271 e. The molecule has 5 aromatic carbocycles. The van der Waals surface area contributed by atoms with Gasteiger partial charge in [-0.1, -0.05) is 95.7 Å². The highest BCUT2D eigenvalue weighted by Gasteiger charge is 2.32. The molecule has 0 fully saturated rings. The minimum Gasteiger partial charge on any atom is -0.488 e. The maximum atomic E-state index is 14.4. The Morgan fingerprint density at radius 1 is 0.957 bits per heavy atom. The number of allylic oxidation sites excluding steroid dienone is 1. The average molecular weight is 660 g/mol. The Balaban J connectivity index is 1.36. The molecule has 1 aromatic heterocycles. The summed E-state index contributed by atoms with van der Waals surface area (Å²) in [4.78, 5) is 33.3. The van der Waals surface area contributed by atoms with E-state index in [0.29, 0.717) is 49.2 Å². The van der Waals surface area contributed by atoms with Gasteiger partial charge in [0.25, 0.3) is 11.5 Å². The molecule has 0 bridgehead atoms. The fraction of sp³-hybridized carbons (Fsp3) is 0.0789. The van der Waals surface area contributed by atoms with Crippen LogP contribution in [-0.2, 0) is 11.4 Å². The number of hydrogen-bond acceptors (Lipinski definition) is 5. The third-order valence-corrected chi connectivity index (χ3v) is 9.23. The third kappa shape index (κ3) is 6.13. The largest absolute Gasteiger partial charge is 0.488 e. The molecule has 2 heterocycles. The quantitative estimate of drug-likeness (QED) is 0.194. The van der Waals surface area contributed by atoms with Crippen molar-refractivity contribution in [2.75, 3.05) is 5.32 Å². The maximum absolute atomic E-state index is 14.4. The van der Waals surface area contributed by atoms with Crippen molar-refractivity contribution in [3.05, 3.63) is 174 Å². The summed E-state index contributed by atoms with van der Waals surface area (Å²) >= 11 is 7.30. The number of hydrogen-bond donors (Lipinski definition) is 1. The SMILES string of the molecule is CC1=C(C(=O)Nc2ccccc2)[C@@H](c2ccc(F)cc2)n2c(sc(=Cc3c(OCc4ccc(Cl)cc4)ccc4ccccc34)c2=O)=N1. The van der Waals surface area contributed by atoms with Gasteiger partial charge in [0.15, 0.2) is 4.80 Å². The van der Waals surface area contributed by atoms with Gasteiger partial charge in [-0.15, -0.1) is 0 Å². The van der Waals surface area contributed by atoms with Gasteiger partial charge in [-0.3, -0.25) is 14.2 Å². The summed E-state index contributed by atoms with van der Waals surface area (Å²) in [5.41, 5.74) is 3.34. The molecule has 6 nitrogen and oxygen atoms in total. The molecule has 1 aliphatic heterocycles. The van der Waals surface area contributed by atoms with Crippen molar-refractivity contribution < 1.29 is 13.9 Å². The monoisotopic (exact) mass is 659 g/mol. The molecule has 232 valence electrons. The number of anilines is 1. The Morgan fingerprint density at radius 2 is 1.68 bits per heavy atom. The summed E-state index contributed by atoms with van der Waals surface area (Å²) in [6, 6.07) is 33.3. The van der Waals surface area contributed by atoms with Gasteiger partial charge < -0.3 is 10.1 Å². The molecule has 7 rings (SSSR count). The standard InChI is InChI=1S/C38H27ClFN3O3S/c1-23-34(36(44)42-29-8-3-2-4-9-29)35(26-13-18-28(40)19-14-26)43-37(45)33(47-38(43)41-23)21-31-30-10-6-5-7-25(30)15-20-32(31)46-22-24-11-16-27(39)17-12-24/h2-21,35H,22H2,1H3,(H,42,44)/t35-/m1/s1. The number of halogens is 2. The molecule has 47 heavy (non-hydrogen) atoms. The average Bonchev–Trinajstić information content (AvgIpc) is 3.39. The number of nitrogens with one attached hydrogen (secondary N) is 1. The van der Waals surface area contributed by atoms with Crippen LogP contribution in [0.4, 0.5) is 10.1 Å². The number of carbonyl (C=O) groups is 1. The summed E-state index contributed by atoms with van der Waals surface area (Å²) in [5, 5.41) is 5.49. The van der Waals surface area contributed by atoms with E-state index in [1.54, 1.807) is 31.2 Å². The van der Waals surface area contributed by atoms with Crippen LogP contribution in [0.5, 0.6) is 5.75 Å². The summed E-state index contributed by atoms with van der Waals surface area (Å²) < 4.78 is 22.3. The van der Waals surface area contributed by atoms with Crippen LogP contribution in [0.25, 0.3) is 16.8 Å². The Kier molecular flexibility index (Phi) is 8.28. The van der Waals surface area contributed by atoms with E-state index in [1.807, 2.05) is 84.9 Å². The molecule has 1 atom stereocenters. The Bertz CT molecular complexity index is 2350. The van der Waals surface area contributed by atoms with Crippen molar-refractivity contribution in [1.29, 1.82) is 0 Å². The fourth-order valence-electron chi connectivity index (χ4n) is 5.72. The number of fused-ring (bicyclic) bond motifs is 2. The second-order valence-corrected chi connectivity index (χ2v) is 12.5. The second kappa shape index (κ2) is 12.8. The Labute approximate surface area is 278 Å². The van der Waals surface area contributed by atoms with Crippen LogP contribution in [0.2, 0.25) is 5.02 Å². The number of benzene rings is 5. The van der Waals surface area contributed by atoms with Crippen LogP contribution in [0.3, 0.4) is 0 Å². The number of amides is 1. The molecule has 9 heteroatoms. The smallest absolute Gasteiger partial charge is 0.271 e. The van der Waals surface area contributed by atoms with Crippen molar-refractivity contribution in [3.8, 4) is 5.75 Å². The number of ether oxygens (including phenoxy) is 1. The zero-order valence-electron chi connectivity index (χ0n) is 25.1. The van der Waals surface area contributed by atoms with Gasteiger partial charge in [-0.25, -0.2) is 9.38 Å². The minimum atomic E-state index is -0.828. The lowest BCUT2D eigenvalue weighted by Crippen LogP contribution is -2.40. The van der Waals surface area contributed by atoms with Gasteiger partial charge in [0.2, 0.25) is 0 Å². The lowest BCUT2D eigenvalue weighted by molar-refractivity contribution is -0.113. The van der Waals surface area contributed by atoms with E-state index >= 15 is 0 Å². The molecule has 1 N–H and O–H groups in total. The van der Waals surface area contributed by atoms with E-state index in [1.165, 1.54) is 28.0 Å². The molecule has 0 unspecified atom stereocenters. The lowest BCUT2D eigenvalue weighted by atomic mass is 9.95. The predicted octanol–water partition coefficient (Wildman–Crippen LogP) is 7.40. The number of carbonyl (C=O) groups excluding carboxylic acids is 1. The highest BCUT2D eigenvalue weighted by molar-refractivity contribution is 7.07. The first kappa shape index (κ1) is 30.3. The van der Waals surface area contributed by atoms with Crippen molar-refractivity contribution in [1.82, 2.24) is 4.57 Å². The molecule has 6 aromatic rings. The van der Waals surface area contributed by atoms with Crippen molar-refractivity contribution in [3.63, 3.8) is 0 Å². The topological polar surface area (TPSA) is 72.7 Å². The number of nitrogens with zero attached hydrogens (tertiary/aromatic N) is 2. The van der Waals surface area contributed by atoms with Gasteiger partial charge in [0.1, 0.15) is 18.2 Å². The highest BCUT2D eigenvalue weighted by Crippen LogP contribution is 2.32. The first-order chi connectivity index (χ1) is 22.9. The Morgan fingerprint density at radius 3 is 2.45 bits per heavy atom. The molecule has 1 aliphatic rings. The molecule has 0 saturated carbocycles. The van der Waals surface area contributed by atoms with E-state index < -0.39 is 17.8 Å². The van der Waals surface area contributed by atoms with Crippen LogP contribution in [-0.4, -0.2) is 10.5 Å². The van der Waals surface area contributed by atoms with E-state index in [9.17, 15) is 14.0 Å². The first-order valence-electron chi connectivity index (χ1n) is 14.9. The fourth-order valence-corrected chi connectivity index (χ4v) is 6.87. The van der Waals surface area contributed by atoms with Crippen LogP contribution >= 0.6 is 22.9 Å². The predicted molar refractivity (Wildman–Crippen MR) is 185 cm³/mol. The number of para-hydroxylation sites is 1. The summed E-state index contributed by atoms with van der Waals surface area (Å²) in [7, 11) is 0. The van der Waals surface area contributed by atoms with E-state index in [-0.39, 0.29) is 5.56 Å². The molecule has 1 amide bonds. The zero-order valence-corrected chi connectivity index (χ0v) is 26.7. The van der Waals surface area contributed by atoms with Crippen LogP contribution < -0.4 is 24.9 Å². The number of rotatable bonds is 7. The lowest BCUT2D eigenvalue weighted by Gasteiger charge is -2.25. The first-order valence-corrected chi connectivity index (χ1v) is 16.1. The summed E-state index contributed by atoms with van der Waals surface area (Å²) in [6.45, 7) is 2.06. The van der Waals surface area contributed by atoms with E-state index in [0.717, 1.165) is 21.9 Å². The number of aromatic nitrogens is 1. The minimum absolute atomic E-state index is 0.302. The van der Waals surface area contributed by atoms with E-state index in [2.05, 4.69) is 5.32 Å². The summed E-state index contributed by atoms with van der Waals surface area (Å²) in [6.07, 6.45) is 1.83. The third-order valence-electron chi connectivity index (χ3n) is 8.00. The zero-order chi connectivity index (χ0) is 32.5.